The van der Waals surface area contributed by atoms with Gasteiger partial charge in [-0.25, -0.2) is 0 Å². The molecule has 16 heavy (non-hydrogen) atoms. The Morgan fingerprint density at radius 1 is 1.19 bits per heavy atom. The van der Waals surface area contributed by atoms with Crippen LogP contribution < -0.4 is 5.43 Å². The lowest BCUT2D eigenvalue weighted by molar-refractivity contribution is 0.888. The number of hydrogen-bond donors (Lipinski definition) is 1. The summed E-state index contributed by atoms with van der Waals surface area (Å²) in [6.45, 7) is 4.21. The van der Waals surface area contributed by atoms with Crippen molar-refractivity contribution >= 4 is 10.9 Å². The third-order valence-corrected chi connectivity index (χ3v) is 2.88. The molecule has 1 heterocycles. The summed E-state index contributed by atoms with van der Waals surface area (Å²) >= 11 is 0. The summed E-state index contributed by atoms with van der Waals surface area (Å²) in [7, 11) is 0. The van der Waals surface area contributed by atoms with E-state index in [0.29, 0.717) is 0 Å². The Balaban J connectivity index is 2.62. The second kappa shape index (κ2) is 4.52. The molecule has 2 nitrogen and oxygen atoms in total. The number of aryl methyl sites for hydroxylation is 2. The Kier molecular flexibility index (Phi) is 3.09. The average Bonchev–Trinajstić information content (AvgIpc) is 2.29. The van der Waals surface area contributed by atoms with Crippen LogP contribution in [0.2, 0.25) is 0 Å². The number of aromatic nitrogens is 1. The van der Waals surface area contributed by atoms with Gasteiger partial charge >= 0.3 is 0 Å². The smallest absolute Gasteiger partial charge is 0.189 e. The minimum atomic E-state index is 0.132. The largest absolute Gasteiger partial charge is 0.358 e. The molecule has 84 valence electrons. The summed E-state index contributed by atoms with van der Waals surface area (Å²) in [6, 6.07) is 7.80. The van der Waals surface area contributed by atoms with Gasteiger partial charge in [-0.1, -0.05) is 26.3 Å². The van der Waals surface area contributed by atoms with Crippen LogP contribution in [0.5, 0.6) is 0 Å². The van der Waals surface area contributed by atoms with Crippen molar-refractivity contribution in [2.75, 3.05) is 0 Å². The van der Waals surface area contributed by atoms with E-state index in [1.807, 2.05) is 12.1 Å². The van der Waals surface area contributed by atoms with Gasteiger partial charge in [-0.15, -0.1) is 0 Å². The molecule has 0 amide bonds. The van der Waals surface area contributed by atoms with Gasteiger partial charge in [0.05, 0.1) is 0 Å². The second-order valence-corrected chi connectivity index (χ2v) is 4.14. The van der Waals surface area contributed by atoms with E-state index in [-0.39, 0.29) is 5.43 Å². The van der Waals surface area contributed by atoms with Crippen LogP contribution in [0.25, 0.3) is 10.9 Å². The maximum absolute atomic E-state index is 11.9. The van der Waals surface area contributed by atoms with Gasteiger partial charge in [-0.3, -0.25) is 4.79 Å². The summed E-state index contributed by atoms with van der Waals surface area (Å²) in [4.78, 5) is 15.2. The van der Waals surface area contributed by atoms with Crippen molar-refractivity contribution in [3.05, 3.63) is 45.7 Å². The Morgan fingerprint density at radius 3 is 2.69 bits per heavy atom. The van der Waals surface area contributed by atoms with E-state index in [9.17, 15) is 4.79 Å². The van der Waals surface area contributed by atoms with E-state index >= 15 is 0 Å². The summed E-state index contributed by atoms with van der Waals surface area (Å²) in [6.07, 6.45) is 2.95. The first-order valence-corrected chi connectivity index (χ1v) is 5.89. The molecule has 2 heteroatoms. The minimum absolute atomic E-state index is 0.132. The highest BCUT2D eigenvalue weighted by Gasteiger charge is 2.02. The summed E-state index contributed by atoms with van der Waals surface area (Å²) in [5, 5.41) is 0.805. The predicted octanol–water partition coefficient (Wildman–Crippen LogP) is 3.04. The van der Waals surface area contributed by atoms with E-state index < -0.39 is 0 Å². The molecule has 0 radical (unpaired) electrons. The molecular formula is C14H17NO. The Labute approximate surface area is 95.3 Å². The van der Waals surface area contributed by atoms with Crippen LogP contribution >= 0.6 is 0 Å². The molecule has 0 saturated heterocycles. The van der Waals surface area contributed by atoms with Crippen LogP contribution in [-0.2, 0) is 12.8 Å². The Bertz CT molecular complexity index is 554. The number of hydrogen-bond acceptors (Lipinski definition) is 1. The molecule has 0 fully saturated rings. The number of nitrogens with one attached hydrogen (secondary N) is 1. The lowest BCUT2D eigenvalue weighted by Crippen LogP contribution is -2.05. The van der Waals surface area contributed by atoms with Gasteiger partial charge in [0, 0.05) is 22.7 Å². The SMILES string of the molecule is CCCc1cc(=O)c2cc(CC)ccc2[nH]1. The molecule has 0 saturated carbocycles. The average molecular weight is 215 g/mol. The first kappa shape index (κ1) is 10.9. The number of fused-ring (bicyclic) bond motifs is 1. The van der Waals surface area contributed by atoms with Gasteiger partial charge in [0.15, 0.2) is 5.43 Å². The number of pyridine rings is 1. The van der Waals surface area contributed by atoms with E-state index in [2.05, 4.69) is 24.9 Å². The third kappa shape index (κ3) is 2.01. The van der Waals surface area contributed by atoms with Crippen LogP contribution in [0.1, 0.15) is 31.5 Å². The van der Waals surface area contributed by atoms with E-state index in [4.69, 9.17) is 0 Å². The van der Waals surface area contributed by atoms with Crippen LogP contribution in [0.4, 0.5) is 0 Å². The third-order valence-electron chi connectivity index (χ3n) is 2.88. The van der Waals surface area contributed by atoms with Gasteiger partial charge in [-0.2, -0.15) is 0 Å². The molecule has 0 bridgehead atoms. The molecule has 0 aliphatic rings. The van der Waals surface area contributed by atoms with Crippen molar-refractivity contribution < 1.29 is 0 Å². The van der Waals surface area contributed by atoms with Crippen LogP contribution in [0.3, 0.4) is 0 Å². The fourth-order valence-electron chi connectivity index (χ4n) is 1.97. The van der Waals surface area contributed by atoms with Crippen molar-refractivity contribution in [1.29, 1.82) is 0 Å². The molecule has 0 aliphatic heterocycles. The van der Waals surface area contributed by atoms with Gasteiger partial charge in [-0.05, 0) is 30.5 Å². The molecule has 0 spiro atoms. The fourth-order valence-corrected chi connectivity index (χ4v) is 1.97. The normalized spacial score (nSPS) is 10.9. The standard InChI is InChI=1S/C14H17NO/c1-3-5-11-9-14(16)12-8-10(4-2)6-7-13(12)15-11/h6-9H,3-5H2,1-2H3,(H,15,16). The quantitative estimate of drug-likeness (QED) is 0.838. The van der Waals surface area contributed by atoms with Crippen LogP contribution in [0.15, 0.2) is 29.1 Å². The van der Waals surface area contributed by atoms with Gasteiger partial charge in [0.1, 0.15) is 0 Å². The van der Waals surface area contributed by atoms with E-state index in [0.717, 1.165) is 35.9 Å². The van der Waals surface area contributed by atoms with Crippen LogP contribution in [-0.4, -0.2) is 4.98 Å². The summed E-state index contributed by atoms with van der Waals surface area (Å²) < 4.78 is 0. The molecule has 1 aromatic heterocycles. The first-order valence-electron chi connectivity index (χ1n) is 5.89. The molecule has 0 aliphatic carbocycles. The van der Waals surface area contributed by atoms with Crippen molar-refractivity contribution in [2.45, 2.75) is 33.1 Å². The highest BCUT2D eigenvalue weighted by atomic mass is 16.1. The second-order valence-electron chi connectivity index (χ2n) is 4.14. The number of rotatable bonds is 3. The van der Waals surface area contributed by atoms with Gasteiger partial charge in [0.2, 0.25) is 0 Å². The van der Waals surface area contributed by atoms with Crippen molar-refractivity contribution in [3.63, 3.8) is 0 Å². The maximum Gasteiger partial charge on any atom is 0.189 e. The Morgan fingerprint density at radius 2 is 2.00 bits per heavy atom. The molecular weight excluding hydrogens is 198 g/mol. The number of benzene rings is 1. The molecule has 2 rings (SSSR count). The zero-order valence-electron chi connectivity index (χ0n) is 9.84. The summed E-state index contributed by atoms with van der Waals surface area (Å²) in [5.74, 6) is 0. The molecule has 0 unspecified atom stereocenters. The van der Waals surface area contributed by atoms with Gasteiger partial charge < -0.3 is 4.98 Å². The zero-order valence-corrected chi connectivity index (χ0v) is 9.84. The van der Waals surface area contributed by atoms with Crippen molar-refractivity contribution in [1.82, 2.24) is 4.98 Å². The van der Waals surface area contributed by atoms with Crippen LogP contribution in [0, 0.1) is 0 Å². The number of H-pyrrole nitrogens is 1. The fraction of sp³-hybridized carbons (Fsp3) is 0.357. The van der Waals surface area contributed by atoms with Crippen molar-refractivity contribution in [3.8, 4) is 0 Å². The topological polar surface area (TPSA) is 32.9 Å². The molecule has 0 atom stereocenters. The van der Waals surface area contributed by atoms with Gasteiger partial charge in [0.25, 0.3) is 0 Å². The lowest BCUT2D eigenvalue weighted by Gasteiger charge is -2.04. The highest BCUT2D eigenvalue weighted by Crippen LogP contribution is 2.12. The van der Waals surface area contributed by atoms with Crippen molar-refractivity contribution in [2.24, 2.45) is 0 Å². The monoisotopic (exact) mass is 215 g/mol. The van der Waals surface area contributed by atoms with E-state index in [1.54, 1.807) is 6.07 Å². The van der Waals surface area contributed by atoms with E-state index in [1.165, 1.54) is 5.56 Å². The Hall–Kier alpha value is -1.57. The lowest BCUT2D eigenvalue weighted by atomic mass is 10.1. The molecule has 1 N–H and O–H groups in total. The summed E-state index contributed by atoms with van der Waals surface area (Å²) in [5.41, 5.74) is 3.33. The zero-order chi connectivity index (χ0) is 11.5. The molecule has 2 aromatic rings. The minimum Gasteiger partial charge on any atom is -0.358 e. The highest BCUT2D eigenvalue weighted by molar-refractivity contribution is 5.79. The maximum atomic E-state index is 11.9. The molecule has 1 aromatic carbocycles. The predicted molar refractivity (Wildman–Crippen MR) is 67.9 cm³/mol. The number of aromatic amines is 1. The first-order chi connectivity index (χ1) is 7.74.